The van der Waals surface area contributed by atoms with Crippen molar-refractivity contribution in [3.05, 3.63) is 0 Å². The molecule has 3 saturated heterocycles. The van der Waals surface area contributed by atoms with Crippen molar-refractivity contribution in [3.8, 4) is 0 Å². The zero-order valence-electron chi connectivity index (χ0n) is 16.9. The molecule has 6 nitrogen and oxygen atoms in total. The third-order valence-electron chi connectivity index (χ3n) is 8.14. The summed E-state index contributed by atoms with van der Waals surface area (Å²) >= 11 is 0. The highest BCUT2D eigenvalue weighted by atomic mass is 16.4. The smallest absolute Gasteiger partial charge is 0.408 e. The van der Waals surface area contributed by atoms with Gasteiger partial charge in [-0.05, 0) is 84.2 Å². The molecule has 4 fully saturated rings. The van der Waals surface area contributed by atoms with E-state index in [-0.39, 0.29) is 28.9 Å². The number of carboxylic acid groups (broad SMARTS) is 1. The number of hydrogen-bond acceptors (Lipinski definition) is 3. The van der Waals surface area contributed by atoms with Gasteiger partial charge in [0.05, 0.1) is 0 Å². The molecule has 0 aromatic carbocycles. The number of nitrogens with zero attached hydrogens (tertiary/aromatic N) is 2. The van der Waals surface area contributed by atoms with Crippen molar-refractivity contribution in [2.45, 2.75) is 101 Å². The van der Waals surface area contributed by atoms with Crippen molar-refractivity contribution in [2.75, 3.05) is 13.1 Å². The molecule has 3 aliphatic heterocycles. The van der Waals surface area contributed by atoms with Crippen LogP contribution in [0.2, 0.25) is 0 Å². The fourth-order valence-corrected chi connectivity index (χ4v) is 6.22. The van der Waals surface area contributed by atoms with Gasteiger partial charge in [-0.2, -0.15) is 0 Å². The van der Waals surface area contributed by atoms with Gasteiger partial charge in [0, 0.05) is 29.1 Å². The molecule has 4 rings (SSSR count). The molecule has 2 bridgehead atoms. The molecular weight excluding hydrogens is 342 g/mol. The summed E-state index contributed by atoms with van der Waals surface area (Å²) in [6, 6.07) is 0.655. The largest absolute Gasteiger partial charge is 0.465 e. The number of rotatable bonds is 4. The molecule has 27 heavy (non-hydrogen) atoms. The summed E-state index contributed by atoms with van der Waals surface area (Å²) in [6.45, 7) is 6.25. The van der Waals surface area contributed by atoms with E-state index in [1.807, 2.05) is 0 Å². The van der Waals surface area contributed by atoms with Gasteiger partial charge in [-0.15, -0.1) is 0 Å². The van der Waals surface area contributed by atoms with Gasteiger partial charge in [0.1, 0.15) is 0 Å². The summed E-state index contributed by atoms with van der Waals surface area (Å²) in [5, 5.41) is 13.0. The van der Waals surface area contributed by atoms with E-state index in [9.17, 15) is 14.7 Å². The van der Waals surface area contributed by atoms with Crippen LogP contribution < -0.4 is 5.32 Å². The van der Waals surface area contributed by atoms with Gasteiger partial charge < -0.3 is 15.3 Å². The molecule has 2 amide bonds. The first-order chi connectivity index (χ1) is 12.9. The van der Waals surface area contributed by atoms with Crippen LogP contribution in [0.25, 0.3) is 0 Å². The Hall–Kier alpha value is -1.30. The van der Waals surface area contributed by atoms with Crippen LogP contribution in [0.1, 0.15) is 78.1 Å². The fourth-order valence-electron chi connectivity index (χ4n) is 6.22. The number of piperidine rings is 2. The normalized spacial score (nSPS) is 36.3. The molecule has 0 aromatic rings. The van der Waals surface area contributed by atoms with E-state index in [0.717, 1.165) is 70.9 Å². The first-order valence-electron chi connectivity index (χ1n) is 10.9. The van der Waals surface area contributed by atoms with E-state index >= 15 is 0 Å². The Kier molecular flexibility index (Phi) is 4.90. The lowest BCUT2D eigenvalue weighted by molar-refractivity contribution is -0.129. The first-order valence-corrected chi connectivity index (χ1v) is 10.9. The molecular formula is C21H35N3O3. The topological polar surface area (TPSA) is 72.9 Å². The zero-order valence-corrected chi connectivity index (χ0v) is 16.9. The monoisotopic (exact) mass is 377 g/mol. The lowest BCUT2D eigenvalue weighted by Gasteiger charge is -2.50. The summed E-state index contributed by atoms with van der Waals surface area (Å²) in [4.78, 5) is 28.7. The lowest BCUT2D eigenvalue weighted by Crippen LogP contribution is -2.60. The van der Waals surface area contributed by atoms with E-state index in [4.69, 9.17) is 0 Å². The van der Waals surface area contributed by atoms with Crippen molar-refractivity contribution >= 4 is 12.0 Å². The van der Waals surface area contributed by atoms with Gasteiger partial charge in [-0.25, -0.2) is 4.79 Å². The number of nitrogens with one attached hydrogen (secondary N) is 1. The average Bonchev–Trinajstić information content (AvgIpc) is 2.88. The Morgan fingerprint density at radius 2 is 1.81 bits per heavy atom. The minimum Gasteiger partial charge on any atom is -0.465 e. The molecule has 1 saturated carbocycles. The number of fused-ring (bicyclic) bond motifs is 2. The molecule has 3 unspecified atom stereocenters. The van der Waals surface area contributed by atoms with Crippen molar-refractivity contribution in [3.63, 3.8) is 0 Å². The highest BCUT2D eigenvalue weighted by Crippen LogP contribution is 2.47. The zero-order chi connectivity index (χ0) is 19.2. The highest BCUT2D eigenvalue weighted by molar-refractivity contribution is 5.79. The minimum absolute atomic E-state index is 0.0462. The predicted octanol–water partition coefficient (Wildman–Crippen LogP) is 3.21. The number of amides is 2. The predicted molar refractivity (Wildman–Crippen MR) is 104 cm³/mol. The molecule has 1 aliphatic carbocycles. The summed E-state index contributed by atoms with van der Waals surface area (Å²) in [5.74, 6) is 0.400. The SMILES string of the molecule is CCC12CCC(CC(N3CCC(C(=O)NC4(C)CCC4)CC3)C1)N2C(=O)O. The average molecular weight is 378 g/mol. The van der Waals surface area contributed by atoms with Gasteiger partial charge in [0.15, 0.2) is 0 Å². The van der Waals surface area contributed by atoms with E-state index in [0.29, 0.717) is 6.04 Å². The number of hydrogen-bond donors (Lipinski definition) is 2. The van der Waals surface area contributed by atoms with Crippen LogP contribution in [0, 0.1) is 5.92 Å². The Labute approximate surface area is 162 Å². The molecule has 2 N–H and O–H groups in total. The molecule has 0 radical (unpaired) electrons. The summed E-state index contributed by atoms with van der Waals surface area (Å²) in [6.07, 6.45) is 9.43. The van der Waals surface area contributed by atoms with Gasteiger partial charge in [0.25, 0.3) is 0 Å². The van der Waals surface area contributed by atoms with Crippen molar-refractivity contribution < 1.29 is 14.7 Å². The van der Waals surface area contributed by atoms with Crippen LogP contribution in [0.3, 0.4) is 0 Å². The van der Waals surface area contributed by atoms with E-state index < -0.39 is 6.09 Å². The molecule has 6 heteroatoms. The molecule has 0 aromatic heterocycles. The lowest BCUT2D eigenvalue weighted by atomic mass is 9.78. The van der Waals surface area contributed by atoms with Crippen LogP contribution in [-0.2, 0) is 4.79 Å². The van der Waals surface area contributed by atoms with E-state index in [1.165, 1.54) is 6.42 Å². The molecule has 152 valence electrons. The van der Waals surface area contributed by atoms with Crippen LogP contribution in [0.15, 0.2) is 0 Å². The summed E-state index contributed by atoms with van der Waals surface area (Å²) in [5.41, 5.74) is -0.114. The highest BCUT2D eigenvalue weighted by Gasteiger charge is 2.54. The van der Waals surface area contributed by atoms with Crippen LogP contribution in [0.4, 0.5) is 4.79 Å². The van der Waals surface area contributed by atoms with E-state index in [2.05, 4.69) is 24.1 Å². The maximum Gasteiger partial charge on any atom is 0.408 e. The van der Waals surface area contributed by atoms with Gasteiger partial charge in [-0.1, -0.05) is 6.92 Å². The van der Waals surface area contributed by atoms with Gasteiger partial charge in [-0.3, -0.25) is 9.69 Å². The standard InChI is InChI=1S/C21H35N3O3/c1-3-21-10-5-16(24(21)19(26)27)13-17(14-21)23-11-6-15(7-12-23)18(25)22-20(2)8-4-9-20/h15-17H,3-14H2,1-2H3,(H,22,25)(H,26,27). The van der Waals surface area contributed by atoms with Crippen molar-refractivity contribution in [2.24, 2.45) is 5.92 Å². The maximum absolute atomic E-state index is 12.6. The second kappa shape index (κ2) is 6.94. The Morgan fingerprint density at radius 1 is 1.11 bits per heavy atom. The number of carbonyl (C=O) groups excluding carboxylic acids is 1. The molecule has 3 heterocycles. The quantitative estimate of drug-likeness (QED) is 0.789. The maximum atomic E-state index is 12.6. The molecule has 4 aliphatic rings. The summed E-state index contributed by atoms with van der Waals surface area (Å²) < 4.78 is 0. The minimum atomic E-state index is -0.738. The number of carbonyl (C=O) groups is 2. The van der Waals surface area contributed by atoms with Crippen molar-refractivity contribution in [1.82, 2.24) is 15.1 Å². The van der Waals surface area contributed by atoms with Crippen LogP contribution >= 0.6 is 0 Å². The number of likely N-dealkylation sites (tertiary alicyclic amines) is 1. The first kappa shape index (κ1) is 19.0. The third kappa shape index (κ3) is 3.34. The van der Waals surface area contributed by atoms with Gasteiger partial charge >= 0.3 is 6.09 Å². The Morgan fingerprint density at radius 3 is 2.37 bits per heavy atom. The van der Waals surface area contributed by atoms with Crippen molar-refractivity contribution in [1.29, 1.82) is 0 Å². The van der Waals surface area contributed by atoms with E-state index in [1.54, 1.807) is 4.90 Å². The van der Waals surface area contributed by atoms with Crippen LogP contribution in [-0.4, -0.2) is 63.2 Å². The molecule has 3 atom stereocenters. The summed E-state index contributed by atoms with van der Waals surface area (Å²) in [7, 11) is 0. The fraction of sp³-hybridized carbons (Fsp3) is 0.905. The van der Waals surface area contributed by atoms with Crippen LogP contribution in [0.5, 0.6) is 0 Å². The Balaban J connectivity index is 1.34. The Bertz CT molecular complexity index is 597. The van der Waals surface area contributed by atoms with Gasteiger partial charge in [0.2, 0.25) is 5.91 Å². The molecule has 0 spiro atoms. The third-order valence-corrected chi connectivity index (χ3v) is 8.14. The second-order valence-electron chi connectivity index (χ2n) is 9.73. The second-order valence-corrected chi connectivity index (χ2v) is 9.73.